The number of rotatable bonds is 2. The average molecular weight is 341 g/mol. The molecular formula is C13H11BrClN3O. The van der Waals surface area contributed by atoms with Gasteiger partial charge in [0.05, 0.1) is 17.4 Å². The molecule has 0 atom stereocenters. The number of nitrogens with one attached hydrogen (secondary N) is 1. The van der Waals surface area contributed by atoms with Crippen LogP contribution >= 0.6 is 27.5 Å². The van der Waals surface area contributed by atoms with Crippen LogP contribution in [0.5, 0.6) is 0 Å². The maximum atomic E-state index is 12.1. The van der Waals surface area contributed by atoms with Crippen LogP contribution in [0.25, 0.3) is 0 Å². The van der Waals surface area contributed by atoms with E-state index in [1.165, 1.54) is 12.3 Å². The summed E-state index contributed by atoms with van der Waals surface area (Å²) in [7, 11) is 0. The fourth-order valence-corrected chi connectivity index (χ4v) is 1.98. The number of anilines is 2. The summed E-state index contributed by atoms with van der Waals surface area (Å²) in [5.74, 6) is -0.341. The molecule has 1 aromatic carbocycles. The Morgan fingerprint density at radius 1 is 1.42 bits per heavy atom. The van der Waals surface area contributed by atoms with Crippen molar-refractivity contribution in [3.8, 4) is 0 Å². The predicted octanol–water partition coefficient (Wildman–Crippen LogP) is 3.64. The van der Waals surface area contributed by atoms with Crippen LogP contribution in [0.4, 0.5) is 11.4 Å². The van der Waals surface area contributed by atoms with Crippen molar-refractivity contribution in [1.29, 1.82) is 0 Å². The first-order valence-electron chi connectivity index (χ1n) is 5.46. The molecular weight excluding hydrogens is 330 g/mol. The SMILES string of the molecule is Cc1cc(NC(=O)c2cc(N)cnc2Cl)ccc1Br. The molecule has 0 aliphatic rings. The number of hydrogen-bond donors (Lipinski definition) is 2. The highest BCUT2D eigenvalue weighted by Crippen LogP contribution is 2.22. The molecule has 19 heavy (non-hydrogen) atoms. The summed E-state index contributed by atoms with van der Waals surface area (Å²) in [6.07, 6.45) is 1.41. The third kappa shape index (κ3) is 3.24. The first-order chi connectivity index (χ1) is 8.97. The van der Waals surface area contributed by atoms with E-state index in [1.807, 2.05) is 19.1 Å². The number of carbonyl (C=O) groups is 1. The Hall–Kier alpha value is -1.59. The molecule has 2 aromatic rings. The Morgan fingerprint density at radius 2 is 2.16 bits per heavy atom. The Bertz CT molecular complexity index is 646. The minimum Gasteiger partial charge on any atom is -0.397 e. The van der Waals surface area contributed by atoms with Crippen LogP contribution in [0.15, 0.2) is 34.9 Å². The molecule has 0 aliphatic heterocycles. The average Bonchev–Trinajstić information content (AvgIpc) is 2.36. The topological polar surface area (TPSA) is 68.0 Å². The molecule has 0 spiro atoms. The number of nitrogens with zero attached hydrogens (tertiary/aromatic N) is 1. The van der Waals surface area contributed by atoms with Crippen molar-refractivity contribution in [2.24, 2.45) is 0 Å². The van der Waals surface area contributed by atoms with Crippen LogP contribution < -0.4 is 11.1 Å². The summed E-state index contributed by atoms with van der Waals surface area (Å²) < 4.78 is 0.981. The number of pyridine rings is 1. The largest absolute Gasteiger partial charge is 0.397 e. The molecule has 3 N–H and O–H groups in total. The van der Waals surface area contributed by atoms with Crippen LogP contribution in [0.2, 0.25) is 5.15 Å². The van der Waals surface area contributed by atoms with Gasteiger partial charge in [-0.1, -0.05) is 27.5 Å². The van der Waals surface area contributed by atoms with Crippen molar-refractivity contribution in [2.45, 2.75) is 6.92 Å². The summed E-state index contributed by atoms with van der Waals surface area (Å²) in [4.78, 5) is 15.9. The van der Waals surface area contributed by atoms with E-state index in [1.54, 1.807) is 6.07 Å². The minimum atomic E-state index is -0.341. The molecule has 0 unspecified atom stereocenters. The first-order valence-corrected chi connectivity index (χ1v) is 6.63. The molecule has 98 valence electrons. The van der Waals surface area contributed by atoms with E-state index in [-0.39, 0.29) is 16.6 Å². The molecule has 0 radical (unpaired) electrons. The van der Waals surface area contributed by atoms with E-state index in [2.05, 4.69) is 26.2 Å². The number of aryl methyl sites for hydroxylation is 1. The predicted molar refractivity (Wildman–Crippen MR) is 80.5 cm³/mol. The van der Waals surface area contributed by atoms with Crippen LogP contribution in [-0.2, 0) is 0 Å². The number of benzene rings is 1. The van der Waals surface area contributed by atoms with Gasteiger partial charge in [0.1, 0.15) is 5.15 Å². The molecule has 1 aromatic heterocycles. The van der Waals surface area contributed by atoms with E-state index >= 15 is 0 Å². The van der Waals surface area contributed by atoms with Gasteiger partial charge in [-0.05, 0) is 36.8 Å². The highest BCUT2D eigenvalue weighted by molar-refractivity contribution is 9.10. The van der Waals surface area contributed by atoms with Gasteiger partial charge in [-0.3, -0.25) is 4.79 Å². The van der Waals surface area contributed by atoms with Crippen molar-refractivity contribution in [2.75, 3.05) is 11.1 Å². The molecule has 6 heteroatoms. The van der Waals surface area contributed by atoms with Crippen molar-refractivity contribution in [1.82, 2.24) is 4.98 Å². The number of hydrogen-bond acceptors (Lipinski definition) is 3. The maximum absolute atomic E-state index is 12.1. The Kier molecular flexibility index (Phi) is 4.07. The summed E-state index contributed by atoms with van der Waals surface area (Å²) in [6.45, 7) is 1.94. The van der Waals surface area contributed by atoms with Crippen LogP contribution in [0.1, 0.15) is 15.9 Å². The highest BCUT2D eigenvalue weighted by Gasteiger charge is 2.12. The molecule has 4 nitrogen and oxygen atoms in total. The van der Waals surface area contributed by atoms with E-state index in [0.29, 0.717) is 11.4 Å². The molecule has 0 bridgehead atoms. The quantitative estimate of drug-likeness (QED) is 0.820. The lowest BCUT2D eigenvalue weighted by atomic mass is 10.2. The van der Waals surface area contributed by atoms with Gasteiger partial charge in [0.2, 0.25) is 0 Å². The lowest BCUT2D eigenvalue weighted by Gasteiger charge is -2.08. The van der Waals surface area contributed by atoms with Gasteiger partial charge in [-0.2, -0.15) is 0 Å². The van der Waals surface area contributed by atoms with Gasteiger partial charge in [-0.25, -0.2) is 4.98 Å². The van der Waals surface area contributed by atoms with Gasteiger partial charge in [0, 0.05) is 10.2 Å². The molecule has 0 saturated heterocycles. The van der Waals surface area contributed by atoms with Crippen molar-refractivity contribution in [3.05, 3.63) is 51.2 Å². The van der Waals surface area contributed by atoms with Crippen molar-refractivity contribution < 1.29 is 4.79 Å². The number of nitrogen functional groups attached to an aromatic ring is 1. The summed E-state index contributed by atoms with van der Waals surface area (Å²) in [5, 5.41) is 2.88. The number of aromatic nitrogens is 1. The van der Waals surface area contributed by atoms with E-state index in [9.17, 15) is 4.79 Å². The standard InChI is InChI=1S/C13H11BrClN3O/c1-7-4-9(2-3-11(7)14)18-13(19)10-5-8(16)6-17-12(10)15/h2-6H,16H2,1H3,(H,18,19). The monoisotopic (exact) mass is 339 g/mol. The molecule has 2 rings (SSSR count). The summed E-state index contributed by atoms with van der Waals surface area (Å²) in [6, 6.07) is 7.01. The van der Waals surface area contributed by atoms with Crippen LogP contribution in [-0.4, -0.2) is 10.9 Å². The molecule has 1 amide bonds. The smallest absolute Gasteiger partial charge is 0.258 e. The van der Waals surface area contributed by atoms with Crippen LogP contribution in [0, 0.1) is 6.92 Å². The third-order valence-corrected chi connectivity index (χ3v) is 3.71. The van der Waals surface area contributed by atoms with Gasteiger partial charge in [0.15, 0.2) is 0 Å². The van der Waals surface area contributed by atoms with Gasteiger partial charge in [0.25, 0.3) is 5.91 Å². The zero-order valence-electron chi connectivity index (χ0n) is 10.1. The fourth-order valence-electron chi connectivity index (χ4n) is 1.54. The zero-order chi connectivity index (χ0) is 14.0. The molecule has 1 heterocycles. The van der Waals surface area contributed by atoms with Crippen LogP contribution in [0.3, 0.4) is 0 Å². The third-order valence-electron chi connectivity index (χ3n) is 2.52. The fraction of sp³-hybridized carbons (Fsp3) is 0.0769. The molecule has 0 saturated carbocycles. The van der Waals surface area contributed by atoms with Crippen molar-refractivity contribution >= 4 is 44.8 Å². The van der Waals surface area contributed by atoms with Gasteiger partial charge >= 0.3 is 0 Å². The molecule has 0 aliphatic carbocycles. The molecule has 0 fully saturated rings. The van der Waals surface area contributed by atoms with Gasteiger partial charge < -0.3 is 11.1 Å². The minimum absolute atomic E-state index is 0.125. The maximum Gasteiger partial charge on any atom is 0.258 e. The Morgan fingerprint density at radius 3 is 2.84 bits per heavy atom. The zero-order valence-corrected chi connectivity index (χ0v) is 12.4. The van der Waals surface area contributed by atoms with E-state index in [4.69, 9.17) is 17.3 Å². The normalized spacial score (nSPS) is 10.3. The highest BCUT2D eigenvalue weighted by atomic mass is 79.9. The van der Waals surface area contributed by atoms with Gasteiger partial charge in [-0.15, -0.1) is 0 Å². The Labute approximate surface area is 124 Å². The summed E-state index contributed by atoms with van der Waals surface area (Å²) in [5.41, 5.74) is 7.94. The first kappa shape index (κ1) is 13.8. The van der Waals surface area contributed by atoms with E-state index < -0.39 is 0 Å². The van der Waals surface area contributed by atoms with Crippen molar-refractivity contribution in [3.63, 3.8) is 0 Å². The summed E-state index contributed by atoms with van der Waals surface area (Å²) >= 11 is 9.28. The number of nitrogens with two attached hydrogens (primary N) is 1. The number of carbonyl (C=O) groups excluding carboxylic acids is 1. The lowest BCUT2D eigenvalue weighted by molar-refractivity contribution is 0.102. The second kappa shape index (κ2) is 5.59. The lowest BCUT2D eigenvalue weighted by Crippen LogP contribution is -2.13. The second-order valence-electron chi connectivity index (χ2n) is 4.03. The van der Waals surface area contributed by atoms with E-state index in [0.717, 1.165) is 10.0 Å². The number of amides is 1. The second-order valence-corrected chi connectivity index (χ2v) is 5.24. The number of halogens is 2. The Balaban J connectivity index is 2.25.